The van der Waals surface area contributed by atoms with Gasteiger partial charge in [0.2, 0.25) is 5.82 Å². The van der Waals surface area contributed by atoms with Crippen LogP contribution in [0.25, 0.3) is 0 Å². The second kappa shape index (κ2) is 5.96. The smallest absolute Gasteiger partial charge is 0.360 e. The Hall–Kier alpha value is -1.48. The van der Waals surface area contributed by atoms with Crippen molar-refractivity contribution in [3.05, 3.63) is 39.7 Å². The number of alkyl halides is 3. The third-order valence-electron chi connectivity index (χ3n) is 3.31. The van der Waals surface area contributed by atoms with Crippen LogP contribution in [-0.4, -0.2) is 15.1 Å². The zero-order valence-corrected chi connectivity index (χ0v) is 12.9. The zero-order valence-electron chi connectivity index (χ0n) is 11.3. The van der Waals surface area contributed by atoms with Gasteiger partial charge in [0.15, 0.2) is 4.60 Å². The van der Waals surface area contributed by atoms with Crippen molar-refractivity contribution in [3.63, 3.8) is 0 Å². The molecule has 5 nitrogen and oxygen atoms in total. The van der Waals surface area contributed by atoms with Crippen LogP contribution in [0.4, 0.5) is 13.2 Å². The molecular formula is C13H12BrF3N4O. The number of rotatable bonds is 5. The maximum atomic E-state index is 12.4. The van der Waals surface area contributed by atoms with Crippen LogP contribution in [-0.2, 0) is 19.3 Å². The van der Waals surface area contributed by atoms with Crippen molar-refractivity contribution >= 4 is 15.9 Å². The molecular weight excluding hydrogens is 365 g/mol. The third-order valence-corrected chi connectivity index (χ3v) is 3.93. The summed E-state index contributed by atoms with van der Waals surface area (Å²) < 4.78 is 43.0. The van der Waals surface area contributed by atoms with Gasteiger partial charge in [-0.3, -0.25) is 0 Å². The summed E-state index contributed by atoms with van der Waals surface area (Å²) in [6, 6.07) is 0. The molecule has 1 aliphatic rings. The highest BCUT2D eigenvalue weighted by Crippen LogP contribution is 2.43. The highest BCUT2D eigenvalue weighted by atomic mass is 79.9. The Bertz CT molecular complexity index is 652. The Kier molecular flexibility index (Phi) is 4.18. The minimum Gasteiger partial charge on any atom is -0.360 e. The van der Waals surface area contributed by atoms with E-state index in [0.29, 0.717) is 29.2 Å². The summed E-state index contributed by atoms with van der Waals surface area (Å²) in [5.74, 6) is 0.182. The predicted molar refractivity (Wildman–Crippen MR) is 73.8 cm³/mol. The first-order chi connectivity index (χ1) is 10.4. The Morgan fingerprint density at radius 3 is 2.50 bits per heavy atom. The molecule has 0 radical (unpaired) electrons. The van der Waals surface area contributed by atoms with Gasteiger partial charge >= 0.3 is 6.18 Å². The van der Waals surface area contributed by atoms with Gasteiger partial charge < -0.3 is 9.84 Å². The quantitative estimate of drug-likeness (QED) is 0.865. The van der Waals surface area contributed by atoms with Gasteiger partial charge in [-0.2, -0.15) is 13.2 Å². The molecule has 1 aliphatic carbocycles. The molecule has 0 spiro atoms. The molecule has 1 saturated carbocycles. The van der Waals surface area contributed by atoms with Gasteiger partial charge in [0.1, 0.15) is 5.76 Å². The first kappa shape index (κ1) is 15.4. The van der Waals surface area contributed by atoms with Crippen molar-refractivity contribution in [2.75, 3.05) is 0 Å². The fraction of sp³-hybridized carbons (Fsp3) is 0.462. The maximum Gasteiger partial charge on any atom is 0.451 e. The van der Waals surface area contributed by atoms with E-state index in [1.807, 2.05) is 0 Å². The van der Waals surface area contributed by atoms with Gasteiger partial charge in [0, 0.05) is 42.5 Å². The van der Waals surface area contributed by atoms with Crippen molar-refractivity contribution in [3.8, 4) is 0 Å². The van der Waals surface area contributed by atoms with Crippen LogP contribution in [0.2, 0.25) is 0 Å². The lowest BCUT2D eigenvalue weighted by molar-refractivity contribution is -0.145. The molecule has 2 heterocycles. The summed E-state index contributed by atoms with van der Waals surface area (Å²) >= 11 is 3.34. The van der Waals surface area contributed by atoms with Crippen LogP contribution in [0.3, 0.4) is 0 Å². The van der Waals surface area contributed by atoms with Crippen LogP contribution in [0.1, 0.15) is 41.5 Å². The second-order valence-corrected chi connectivity index (χ2v) is 5.86. The number of nitrogens with zero attached hydrogens (tertiary/aromatic N) is 3. The zero-order chi connectivity index (χ0) is 15.7. The number of aromatic nitrogens is 3. The second-order valence-electron chi connectivity index (χ2n) is 5.11. The molecule has 1 N–H and O–H groups in total. The maximum absolute atomic E-state index is 12.4. The largest absolute Gasteiger partial charge is 0.451 e. The number of hydrogen-bond donors (Lipinski definition) is 1. The molecule has 9 heteroatoms. The molecule has 22 heavy (non-hydrogen) atoms. The molecule has 0 saturated heterocycles. The van der Waals surface area contributed by atoms with Crippen LogP contribution >= 0.6 is 15.9 Å². The number of halogens is 4. The van der Waals surface area contributed by atoms with Crippen molar-refractivity contribution in [2.24, 2.45) is 0 Å². The number of nitrogens with one attached hydrogen (secondary N) is 1. The van der Waals surface area contributed by atoms with Crippen LogP contribution in [0.15, 0.2) is 21.5 Å². The van der Waals surface area contributed by atoms with Crippen molar-refractivity contribution in [2.45, 2.75) is 38.0 Å². The fourth-order valence-corrected chi connectivity index (χ4v) is 2.46. The van der Waals surface area contributed by atoms with Crippen LogP contribution in [0.5, 0.6) is 0 Å². The Morgan fingerprint density at radius 1 is 1.23 bits per heavy atom. The standard InChI is InChI=1S/C13H12BrF3N4O/c14-11-9(10(22-21-11)8-1-2-8)6-18-3-7-4-19-12(20-5-7)13(15,16)17/h4-5,8,18H,1-3,6H2. The molecule has 0 unspecified atom stereocenters. The molecule has 3 rings (SSSR count). The lowest BCUT2D eigenvalue weighted by atomic mass is 10.2. The first-order valence-electron chi connectivity index (χ1n) is 6.68. The highest BCUT2D eigenvalue weighted by molar-refractivity contribution is 9.10. The molecule has 2 aromatic rings. The summed E-state index contributed by atoms with van der Waals surface area (Å²) in [4.78, 5) is 6.65. The minimum atomic E-state index is -4.52. The Morgan fingerprint density at radius 2 is 1.91 bits per heavy atom. The molecule has 2 aromatic heterocycles. The van der Waals surface area contributed by atoms with Gasteiger partial charge in [-0.25, -0.2) is 9.97 Å². The van der Waals surface area contributed by atoms with Gasteiger partial charge in [-0.05, 0) is 28.8 Å². The predicted octanol–water partition coefficient (Wildman–Crippen LogP) is 3.41. The summed E-state index contributed by atoms with van der Waals surface area (Å²) in [6.45, 7) is 0.872. The first-order valence-corrected chi connectivity index (χ1v) is 7.47. The lowest BCUT2D eigenvalue weighted by Gasteiger charge is -2.07. The van der Waals surface area contributed by atoms with E-state index in [9.17, 15) is 13.2 Å². The number of hydrogen-bond acceptors (Lipinski definition) is 5. The molecule has 0 amide bonds. The normalized spacial score (nSPS) is 15.3. The summed E-state index contributed by atoms with van der Waals surface area (Å²) in [5, 5.41) is 7.03. The summed E-state index contributed by atoms with van der Waals surface area (Å²) in [7, 11) is 0. The average Bonchev–Trinajstić information content (AvgIpc) is 3.24. The minimum absolute atomic E-state index is 0.361. The van der Waals surface area contributed by atoms with E-state index in [0.717, 1.165) is 24.2 Å². The van der Waals surface area contributed by atoms with Gasteiger partial charge in [0.25, 0.3) is 0 Å². The van der Waals surface area contributed by atoms with E-state index in [-0.39, 0.29) is 0 Å². The summed E-state index contributed by atoms with van der Waals surface area (Å²) in [6.07, 6.45) is 0.0295. The molecule has 0 bridgehead atoms. The average molecular weight is 377 g/mol. The molecule has 1 fully saturated rings. The Labute approximate surface area is 132 Å². The highest BCUT2D eigenvalue weighted by Gasteiger charge is 2.34. The van der Waals surface area contributed by atoms with Crippen molar-refractivity contribution in [1.82, 2.24) is 20.4 Å². The van der Waals surface area contributed by atoms with E-state index in [1.54, 1.807) is 0 Å². The summed E-state index contributed by atoms with van der Waals surface area (Å²) in [5.41, 5.74) is 1.53. The monoisotopic (exact) mass is 376 g/mol. The topological polar surface area (TPSA) is 63.8 Å². The van der Waals surface area contributed by atoms with Crippen molar-refractivity contribution in [1.29, 1.82) is 0 Å². The van der Waals surface area contributed by atoms with E-state index in [4.69, 9.17) is 4.52 Å². The molecule has 118 valence electrons. The molecule has 0 atom stereocenters. The Balaban J connectivity index is 1.58. The van der Waals surface area contributed by atoms with Crippen LogP contribution < -0.4 is 5.32 Å². The van der Waals surface area contributed by atoms with E-state index >= 15 is 0 Å². The van der Waals surface area contributed by atoms with E-state index < -0.39 is 12.0 Å². The van der Waals surface area contributed by atoms with Gasteiger partial charge in [0.05, 0.1) is 0 Å². The van der Waals surface area contributed by atoms with E-state index in [2.05, 4.69) is 36.4 Å². The lowest BCUT2D eigenvalue weighted by Crippen LogP contribution is -2.16. The molecule has 0 aromatic carbocycles. The fourth-order valence-electron chi connectivity index (χ4n) is 2.05. The van der Waals surface area contributed by atoms with Gasteiger partial charge in [-0.15, -0.1) is 0 Å². The molecule has 0 aliphatic heterocycles. The SMILES string of the molecule is FC(F)(F)c1ncc(CNCc2c(Br)noc2C2CC2)cn1. The third kappa shape index (κ3) is 3.46. The van der Waals surface area contributed by atoms with Crippen molar-refractivity contribution < 1.29 is 17.7 Å². The van der Waals surface area contributed by atoms with Gasteiger partial charge in [-0.1, -0.05) is 5.16 Å². The van der Waals surface area contributed by atoms with Crippen LogP contribution in [0, 0.1) is 0 Å². The van der Waals surface area contributed by atoms with E-state index in [1.165, 1.54) is 12.4 Å².